The molecule has 1 fully saturated rings. The van der Waals surface area contributed by atoms with Crippen molar-refractivity contribution in [3.05, 3.63) is 40.8 Å². The van der Waals surface area contributed by atoms with Gasteiger partial charge >= 0.3 is 0 Å². The molecule has 0 unspecified atom stereocenters. The summed E-state index contributed by atoms with van der Waals surface area (Å²) in [5.41, 5.74) is 0.0862. The van der Waals surface area contributed by atoms with Gasteiger partial charge in [-0.15, -0.1) is 0 Å². The van der Waals surface area contributed by atoms with Crippen molar-refractivity contribution in [3.8, 4) is 0 Å². The zero-order valence-corrected chi connectivity index (χ0v) is 14.6. The molecule has 6 nitrogen and oxygen atoms in total. The Labute approximate surface area is 145 Å². The molecule has 3 rings (SSSR count). The number of aliphatic hydroxyl groups is 1. The normalized spacial score (nSPS) is 20.8. The molecule has 3 heterocycles. The van der Waals surface area contributed by atoms with E-state index in [1.54, 1.807) is 41.7 Å². The topological polar surface area (TPSA) is 69.6 Å². The first kappa shape index (κ1) is 16.9. The summed E-state index contributed by atoms with van der Waals surface area (Å²) in [5, 5.41) is 14.9. The van der Waals surface area contributed by atoms with Gasteiger partial charge in [0.15, 0.2) is 0 Å². The summed E-state index contributed by atoms with van der Waals surface area (Å²) in [6.07, 6.45) is 5.30. The second-order valence-electron chi connectivity index (χ2n) is 6.36. The molecule has 0 aliphatic carbocycles. The van der Waals surface area contributed by atoms with Crippen molar-refractivity contribution in [1.82, 2.24) is 14.9 Å². The van der Waals surface area contributed by atoms with Crippen molar-refractivity contribution in [3.63, 3.8) is 0 Å². The van der Waals surface area contributed by atoms with E-state index in [1.807, 2.05) is 21.7 Å². The van der Waals surface area contributed by atoms with E-state index in [9.17, 15) is 9.90 Å². The number of aromatic nitrogens is 2. The number of carbonyl (C=O) groups is 1. The Morgan fingerprint density at radius 2 is 2.25 bits per heavy atom. The number of likely N-dealkylation sites (N-methyl/N-ethyl adjacent to an activating group) is 1. The van der Waals surface area contributed by atoms with E-state index in [-0.39, 0.29) is 5.91 Å². The maximum Gasteiger partial charge on any atom is 0.226 e. The van der Waals surface area contributed by atoms with Gasteiger partial charge in [-0.2, -0.15) is 11.3 Å². The van der Waals surface area contributed by atoms with Gasteiger partial charge in [0.05, 0.1) is 25.1 Å². The van der Waals surface area contributed by atoms with Crippen LogP contribution in [0.3, 0.4) is 0 Å². The van der Waals surface area contributed by atoms with Crippen LogP contribution in [0.25, 0.3) is 0 Å². The number of carbonyl (C=O) groups excluding carboxylic acids is 1. The second kappa shape index (κ2) is 7.27. The summed E-state index contributed by atoms with van der Waals surface area (Å²) in [7, 11) is 1.75. The molecule has 24 heavy (non-hydrogen) atoms. The average Bonchev–Trinajstić information content (AvgIpc) is 3.08. The number of amides is 1. The minimum atomic E-state index is -0.934. The number of nitrogens with zero attached hydrogens (tertiary/aromatic N) is 4. The third-order valence-corrected chi connectivity index (χ3v) is 5.02. The lowest BCUT2D eigenvalue weighted by Crippen LogP contribution is -2.55. The first-order valence-corrected chi connectivity index (χ1v) is 8.99. The Bertz CT molecular complexity index is 664. The summed E-state index contributed by atoms with van der Waals surface area (Å²) in [6, 6.07) is 3.73. The fourth-order valence-electron chi connectivity index (χ4n) is 3.10. The predicted octanol–water partition coefficient (Wildman–Crippen LogP) is 1.57. The van der Waals surface area contributed by atoms with Crippen LogP contribution < -0.4 is 4.90 Å². The molecule has 2 aromatic heterocycles. The third-order valence-electron chi connectivity index (χ3n) is 4.28. The molecule has 1 atom stereocenters. The van der Waals surface area contributed by atoms with Gasteiger partial charge < -0.3 is 14.9 Å². The number of anilines is 1. The number of piperidine rings is 1. The third kappa shape index (κ3) is 4.10. The molecule has 0 bridgehead atoms. The summed E-state index contributed by atoms with van der Waals surface area (Å²) in [6.45, 7) is 1.57. The second-order valence-corrected chi connectivity index (χ2v) is 7.14. The van der Waals surface area contributed by atoms with Crippen molar-refractivity contribution < 1.29 is 9.90 Å². The molecule has 0 saturated carbocycles. The number of thiophene rings is 1. The van der Waals surface area contributed by atoms with Crippen LogP contribution in [0.15, 0.2) is 35.3 Å². The van der Waals surface area contributed by atoms with E-state index in [2.05, 4.69) is 9.97 Å². The molecule has 7 heteroatoms. The smallest absolute Gasteiger partial charge is 0.226 e. The lowest BCUT2D eigenvalue weighted by molar-refractivity contribution is -0.132. The lowest BCUT2D eigenvalue weighted by Gasteiger charge is -2.41. The van der Waals surface area contributed by atoms with Crippen LogP contribution in [0, 0.1) is 0 Å². The van der Waals surface area contributed by atoms with Gasteiger partial charge in [-0.05, 0) is 41.3 Å². The monoisotopic (exact) mass is 346 g/mol. The number of hydrogen-bond acceptors (Lipinski definition) is 6. The maximum atomic E-state index is 12.4. The molecular weight excluding hydrogens is 324 g/mol. The number of rotatable bonds is 5. The predicted molar refractivity (Wildman–Crippen MR) is 94.1 cm³/mol. The lowest BCUT2D eigenvalue weighted by atomic mass is 9.92. The molecule has 1 N–H and O–H groups in total. The molecule has 1 aliphatic rings. The van der Waals surface area contributed by atoms with E-state index < -0.39 is 5.60 Å². The van der Waals surface area contributed by atoms with Crippen molar-refractivity contribution in [2.24, 2.45) is 0 Å². The minimum Gasteiger partial charge on any atom is -0.386 e. The van der Waals surface area contributed by atoms with Crippen LogP contribution in [-0.2, 0) is 11.2 Å². The number of hydrogen-bond donors (Lipinski definition) is 1. The Hall–Kier alpha value is -1.99. The number of β-amino-alcohol motifs (C(OH)–C–C–N with tert-alkyl or cyclic N) is 1. The van der Waals surface area contributed by atoms with Crippen LogP contribution in [0.4, 0.5) is 5.95 Å². The van der Waals surface area contributed by atoms with E-state index in [4.69, 9.17) is 0 Å². The van der Waals surface area contributed by atoms with E-state index in [0.29, 0.717) is 31.9 Å². The quantitative estimate of drug-likeness (QED) is 0.890. The van der Waals surface area contributed by atoms with Crippen LogP contribution in [0.2, 0.25) is 0 Å². The van der Waals surface area contributed by atoms with Gasteiger partial charge in [0.1, 0.15) is 0 Å². The first-order valence-electron chi connectivity index (χ1n) is 8.05. The Balaban J connectivity index is 1.61. The molecule has 1 amide bonds. The summed E-state index contributed by atoms with van der Waals surface area (Å²) in [4.78, 5) is 24.5. The van der Waals surface area contributed by atoms with Gasteiger partial charge in [-0.1, -0.05) is 0 Å². The van der Waals surface area contributed by atoms with Gasteiger partial charge in [0, 0.05) is 26.0 Å². The van der Waals surface area contributed by atoms with E-state index in [1.165, 1.54) is 0 Å². The zero-order valence-electron chi connectivity index (χ0n) is 13.8. The van der Waals surface area contributed by atoms with Crippen LogP contribution in [-0.4, -0.2) is 58.2 Å². The van der Waals surface area contributed by atoms with Crippen LogP contribution in [0.1, 0.15) is 18.4 Å². The summed E-state index contributed by atoms with van der Waals surface area (Å²) in [5.74, 6) is 0.651. The van der Waals surface area contributed by atoms with Gasteiger partial charge in [0.25, 0.3) is 0 Å². The van der Waals surface area contributed by atoms with Crippen LogP contribution in [0.5, 0.6) is 0 Å². The molecule has 128 valence electrons. The Kier molecular flexibility index (Phi) is 5.11. The Morgan fingerprint density at radius 3 is 2.96 bits per heavy atom. The van der Waals surface area contributed by atoms with Crippen molar-refractivity contribution in [2.45, 2.75) is 24.9 Å². The van der Waals surface area contributed by atoms with Gasteiger partial charge in [0.2, 0.25) is 11.9 Å². The van der Waals surface area contributed by atoms with Gasteiger partial charge in [-0.25, -0.2) is 9.97 Å². The highest BCUT2D eigenvalue weighted by Gasteiger charge is 2.36. The van der Waals surface area contributed by atoms with Crippen molar-refractivity contribution >= 4 is 23.2 Å². The van der Waals surface area contributed by atoms with Crippen molar-refractivity contribution in [2.75, 3.05) is 31.6 Å². The molecule has 1 saturated heterocycles. The fourth-order valence-corrected chi connectivity index (χ4v) is 3.77. The highest BCUT2D eigenvalue weighted by molar-refractivity contribution is 7.07. The standard InChI is InChI=1S/C17H22N4O2S/c1-20(15(22)10-14-4-9-24-11-14)12-17(23)5-2-8-21(13-17)16-18-6-3-7-19-16/h3-4,6-7,9,11,23H,2,5,8,10,12-13H2,1H3/t17-/m1/s1. The van der Waals surface area contributed by atoms with E-state index in [0.717, 1.165) is 18.5 Å². The zero-order chi connectivity index (χ0) is 17.0. The SMILES string of the molecule is CN(C[C@]1(O)CCCN(c2ncccn2)C1)C(=O)Cc1ccsc1. The van der Waals surface area contributed by atoms with Crippen molar-refractivity contribution in [1.29, 1.82) is 0 Å². The average molecular weight is 346 g/mol. The molecule has 0 aromatic carbocycles. The highest BCUT2D eigenvalue weighted by atomic mass is 32.1. The maximum absolute atomic E-state index is 12.4. The van der Waals surface area contributed by atoms with E-state index >= 15 is 0 Å². The minimum absolute atomic E-state index is 0.0231. The Morgan fingerprint density at radius 1 is 1.46 bits per heavy atom. The molecule has 0 radical (unpaired) electrons. The molecule has 1 aliphatic heterocycles. The molecular formula is C17H22N4O2S. The molecule has 0 spiro atoms. The summed E-state index contributed by atoms with van der Waals surface area (Å²) < 4.78 is 0. The largest absolute Gasteiger partial charge is 0.386 e. The highest BCUT2D eigenvalue weighted by Crippen LogP contribution is 2.24. The summed E-state index contributed by atoms with van der Waals surface area (Å²) >= 11 is 1.59. The van der Waals surface area contributed by atoms with Crippen LogP contribution >= 0.6 is 11.3 Å². The van der Waals surface area contributed by atoms with Gasteiger partial charge in [-0.3, -0.25) is 4.79 Å². The fraction of sp³-hybridized carbons (Fsp3) is 0.471. The molecule has 2 aromatic rings. The first-order chi connectivity index (χ1) is 11.6.